The quantitative estimate of drug-likeness (QED) is 0.687. The van der Waals surface area contributed by atoms with Crippen molar-refractivity contribution >= 4 is 34.7 Å². The third kappa shape index (κ3) is 3.18. The summed E-state index contributed by atoms with van der Waals surface area (Å²) in [6.45, 7) is 2.12. The van der Waals surface area contributed by atoms with E-state index in [-0.39, 0.29) is 5.38 Å². The molecule has 1 aliphatic rings. The molecule has 1 aromatic carbocycles. The number of hydrogen-bond acceptors (Lipinski definition) is 2. The van der Waals surface area contributed by atoms with E-state index in [1.54, 1.807) is 4.88 Å². The summed E-state index contributed by atoms with van der Waals surface area (Å²) in [5.41, 5.74) is 4.15. The van der Waals surface area contributed by atoms with E-state index < -0.39 is 0 Å². The van der Waals surface area contributed by atoms with Crippen molar-refractivity contribution in [1.82, 2.24) is 0 Å². The van der Waals surface area contributed by atoms with Crippen molar-refractivity contribution in [1.29, 1.82) is 0 Å². The molecule has 0 radical (unpaired) electrons. The third-order valence-electron chi connectivity index (χ3n) is 3.49. The standard InChI is InChI=1S/C16H17ClS2/c1-11-2-4-12(5-3-11)8-14(17)16-9-13-10-18-7-6-15(13)19-16/h2-5,9,14H,6-8,10H2,1H3. The molecule has 2 aromatic rings. The lowest BCUT2D eigenvalue weighted by Crippen LogP contribution is -1.96. The molecule has 0 amide bonds. The molecule has 0 N–H and O–H groups in total. The van der Waals surface area contributed by atoms with Crippen molar-refractivity contribution in [3.8, 4) is 0 Å². The zero-order valence-electron chi connectivity index (χ0n) is 11.0. The van der Waals surface area contributed by atoms with Crippen molar-refractivity contribution < 1.29 is 0 Å². The van der Waals surface area contributed by atoms with E-state index in [1.165, 1.54) is 39.5 Å². The monoisotopic (exact) mass is 308 g/mol. The highest BCUT2D eigenvalue weighted by Crippen LogP contribution is 2.37. The number of hydrogen-bond donors (Lipinski definition) is 0. The summed E-state index contributed by atoms with van der Waals surface area (Å²) < 4.78 is 0. The van der Waals surface area contributed by atoms with Crippen LogP contribution in [0, 0.1) is 6.92 Å². The van der Waals surface area contributed by atoms with Crippen molar-refractivity contribution in [3.63, 3.8) is 0 Å². The van der Waals surface area contributed by atoms with Gasteiger partial charge in [-0.2, -0.15) is 11.8 Å². The molecule has 0 nitrogen and oxygen atoms in total. The highest BCUT2D eigenvalue weighted by Gasteiger charge is 2.18. The van der Waals surface area contributed by atoms with Crippen LogP contribution in [0.2, 0.25) is 0 Å². The second kappa shape index (κ2) is 5.90. The molecule has 1 unspecified atom stereocenters. The SMILES string of the molecule is Cc1ccc(CC(Cl)c2cc3c(s2)CCSC3)cc1. The van der Waals surface area contributed by atoms with Crippen LogP contribution in [0.15, 0.2) is 30.3 Å². The average Bonchev–Trinajstić information content (AvgIpc) is 2.85. The number of fused-ring (bicyclic) bond motifs is 1. The Balaban J connectivity index is 1.74. The van der Waals surface area contributed by atoms with Gasteiger partial charge in [-0.05, 0) is 42.7 Å². The lowest BCUT2D eigenvalue weighted by molar-refractivity contribution is 0.938. The summed E-state index contributed by atoms with van der Waals surface area (Å²) in [4.78, 5) is 2.90. The van der Waals surface area contributed by atoms with Crippen LogP contribution in [0.5, 0.6) is 0 Å². The minimum absolute atomic E-state index is 0.114. The molecule has 1 aromatic heterocycles. The number of alkyl halides is 1. The molecular formula is C16H17ClS2. The Hall–Kier alpha value is -0.440. The van der Waals surface area contributed by atoms with Gasteiger partial charge >= 0.3 is 0 Å². The van der Waals surface area contributed by atoms with E-state index in [2.05, 4.69) is 37.3 Å². The van der Waals surface area contributed by atoms with Gasteiger partial charge in [0.2, 0.25) is 0 Å². The molecule has 0 fully saturated rings. The Morgan fingerprint density at radius 2 is 2.05 bits per heavy atom. The van der Waals surface area contributed by atoms with E-state index in [4.69, 9.17) is 11.6 Å². The van der Waals surface area contributed by atoms with Crippen LogP contribution < -0.4 is 0 Å². The second-order valence-corrected chi connectivity index (χ2v) is 7.86. The normalized spacial score (nSPS) is 16.1. The number of aryl methyl sites for hydroxylation is 2. The second-order valence-electron chi connectivity index (χ2n) is 5.06. The predicted molar refractivity (Wildman–Crippen MR) is 87.7 cm³/mol. The van der Waals surface area contributed by atoms with Gasteiger partial charge in [0.25, 0.3) is 0 Å². The van der Waals surface area contributed by atoms with Crippen molar-refractivity contribution in [2.24, 2.45) is 0 Å². The van der Waals surface area contributed by atoms with E-state index in [1.807, 2.05) is 23.1 Å². The molecule has 1 atom stereocenters. The number of halogens is 1. The van der Waals surface area contributed by atoms with E-state index in [0.29, 0.717) is 0 Å². The smallest absolute Gasteiger partial charge is 0.0719 e. The molecule has 1 aliphatic heterocycles. The predicted octanol–water partition coefficient (Wildman–Crippen LogP) is 5.37. The fraction of sp³-hybridized carbons (Fsp3) is 0.375. The molecule has 3 rings (SSSR count). The molecule has 0 saturated heterocycles. The summed E-state index contributed by atoms with van der Waals surface area (Å²) >= 11 is 10.6. The number of benzene rings is 1. The number of thioether (sulfide) groups is 1. The van der Waals surface area contributed by atoms with Crippen LogP contribution >= 0.6 is 34.7 Å². The van der Waals surface area contributed by atoms with Gasteiger partial charge in [0.05, 0.1) is 5.38 Å². The first kappa shape index (κ1) is 13.5. The Morgan fingerprint density at radius 3 is 2.79 bits per heavy atom. The summed E-state index contributed by atoms with van der Waals surface area (Å²) in [5, 5.41) is 0.114. The van der Waals surface area contributed by atoms with Crippen LogP contribution in [0.3, 0.4) is 0 Å². The highest BCUT2D eigenvalue weighted by atomic mass is 35.5. The highest BCUT2D eigenvalue weighted by molar-refractivity contribution is 7.98. The summed E-state index contributed by atoms with van der Waals surface area (Å²) in [5.74, 6) is 2.43. The van der Waals surface area contributed by atoms with Gasteiger partial charge in [0.1, 0.15) is 0 Å². The van der Waals surface area contributed by atoms with E-state index >= 15 is 0 Å². The largest absolute Gasteiger partial charge is 0.157 e. The first-order chi connectivity index (χ1) is 9.22. The Kier molecular flexibility index (Phi) is 4.21. The fourth-order valence-corrected chi connectivity index (χ4v) is 5.09. The number of rotatable bonds is 3. The number of thiophene rings is 1. The molecule has 2 heterocycles. The van der Waals surface area contributed by atoms with Gasteiger partial charge in [0.15, 0.2) is 0 Å². The topological polar surface area (TPSA) is 0 Å². The Labute approximate surface area is 128 Å². The molecular weight excluding hydrogens is 292 g/mol. The summed E-state index contributed by atoms with van der Waals surface area (Å²) in [7, 11) is 0. The zero-order valence-corrected chi connectivity index (χ0v) is 13.4. The van der Waals surface area contributed by atoms with Gasteiger partial charge in [-0.25, -0.2) is 0 Å². The first-order valence-corrected chi connectivity index (χ1v) is 9.02. The maximum atomic E-state index is 6.60. The van der Waals surface area contributed by atoms with Gasteiger partial charge in [0, 0.05) is 15.5 Å². The van der Waals surface area contributed by atoms with Gasteiger partial charge in [-0.1, -0.05) is 29.8 Å². The van der Waals surface area contributed by atoms with Gasteiger partial charge < -0.3 is 0 Å². The fourth-order valence-electron chi connectivity index (χ4n) is 2.36. The first-order valence-electron chi connectivity index (χ1n) is 6.61. The molecule has 0 aliphatic carbocycles. The minimum atomic E-state index is 0.114. The van der Waals surface area contributed by atoms with Crippen molar-refractivity contribution in [3.05, 3.63) is 56.8 Å². The molecule has 19 heavy (non-hydrogen) atoms. The molecule has 0 saturated carbocycles. The molecule has 0 spiro atoms. The van der Waals surface area contributed by atoms with E-state index in [0.717, 1.165) is 6.42 Å². The molecule has 0 bridgehead atoms. The van der Waals surface area contributed by atoms with Crippen LogP contribution in [0.4, 0.5) is 0 Å². The van der Waals surface area contributed by atoms with Crippen molar-refractivity contribution in [2.75, 3.05) is 5.75 Å². The molecule has 100 valence electrons. The zero-order chi connectivity index (χ0) is 13.2. The van der Waals surface area contributed by atoms with Crippen LogP contribution in [-0.2, 0) is 18.6 Å². The Bertz CT molecular complexity index is 533. The van der Waals surface area contributed by atoms with E-state index in [9.17, 15) is 0 Å². The van der Waals surface area contributed by atoms with Gasteiger partial charge in [-0.3, -0.25) is 0 Å². The van der Waals surface area contributed by atoms with Gasteiger partial charge in [-0.15, -0.1) is 22.9 Å². The summed E-state index contributed by atoms with van der Waals surface area (Å²) in [6, 6.07) is 11.0. The van der Waals surface area contributed by atoms with Crippen LogP contribution in [-0.4, -0.2) is 5.75 Å². The lowest BCUT2D eigenvalue weighted by Gasteiger charge is -2.08. The third-order valence-corrected chi connectivity index (χ3v) is 6.37. The minimum Gasteiger partial charge on any atom is -0.157 e. The maximum absolute atomic E-state index is 6.60. The average molecular weight is 309 g/mol. The Morgan fingerprint density at radius 1 is 1.26 bits per heavy atom. The van der Waals surface area contributed by atoms with Crippen LogP contribution in [0.25, 0.3) is 0 Å². The summed E-state index contributed by atoms with van der Waals surface area (Å²) in [6.07, 6.45) is 2.15. The van der Waals surface area contributed by atoms with Crippen molar-refractivity contribution in [2.45, 2.75) is 30.9 Å². The van der Waals surface area contributed by atoms with Crippen LogP contribution in [0.1, 0.15) is 31.8 Å². The maximum Gasteiger partial charge on any atom is 0.0719 e. The molecule has 3 heteroatoms. The lowest BCUT2D eigenvalue weighted by atomic mass is 10.1.